The van der Waals surface area contributed by atoms with Crippen molar-refractivity contribution in [3.05, 3.63) is 30.3 Å². The number of nitrogens with one attached hydrogen (secondary N) is 1. The highest BCUT2D eigenvalue weighted by molar-refractivity contribution is 6.54. The molecule has 10 heteroatoms. The predicted octanol–water partition coefficient (Wildman–Crippen LogP) is 3.74. The average molecular weight is 542 g/mol. The van der Waals surface area contributed by atoms with Gasteiger partial charge in [-0.2, -0.15) is 10.4 Å². The van der Waals surface area contributed by atoms with Gasteiger partial charge in [0.15, 0.2) is 6.29 Å². The number of carbonyl (C=O) groups excluding carboxylic acids is 3. The molecule has 0 radical (unpaired) electrons. The summed E-state index contributed by atoms with van der Waals surface area (Å²) in [5.74, 6) is 5.34. The first kappa shape index (κ1) is 35.4. The van der Waals surface area contributed by atoms with Crippen LogP contribution in [0.3, 0.4) is 0 Å². The Morgan fingerprint density at radius 2 is 1.77 bits per heavy atom. The predicted molar refractivity (Wildman–Crippen MR) is 159 cm³/mol. The number of hydrazone groups is 1. The van der Waals surface area contributed by atoms with Crippen LogP contribution in [0, 0.1) is 23.2 Å². The van der Waals surface area contributed by atoms with Crippen molar-refractivity contribution in [2.24, 2.45) is 27.8 Å². The van der Waals surface area contributed by atoms with E-state index in [0.717, 1.165) is 11.6 Å². The number of hydrogen-bond donors (Lipinski definition) is 2. The van der Waals surface area contributed by atoms with E-state index >= 15 is 0 Å². The molecule has 2 aliphatic rings. The van der Waals surface area contributed by atoms with Crippen molar-refractivity contribution in [2.45, 2.75) is 72.4 Å². The van der Waals surface area contributed by atoms with Crippen molar-refractivity contribution in [3.8, 4) is 6.07 Å². The zero-order valence-electron chi connectivity index (χ0n) is 24.8. The van der Waals surface area contributed by atoms with Gasteiger partial charge >= 0.3 is 0 Å². The van der Waals surface area contributed by atoms with Crippen LogP contribution in [0.4, 0.5) is 5.69 Å². The largest absolute Gasteiger partial charge is 0.326 e. The minimum atomic E-state index is -0.529. The maximum atomic E-state index is 12.3. The average Bonchev–Trinajstić information content (AvgIpc) is 3.55. The van der Waals surface area contributed by atoms with Crippen molar-refractivity contribution in [3.63, 3.8) is 0 Å². The molecule has 0 bridgehead atoms. The molecule has 0 aromatic heterocycles. The van der Waals surface area contributed by atoms with Crippen LogP contribution in [0.15, 0.2) is 40.4 Å². The fraction of sp³-hybridized carbons (Fsp3) is 0.586. The molecular formula is C29H47N7O3. The minimum Gasteiger partial charge on any atom is -0.326 e. The minimum absolute atomic E-state index is 0.119. The van der Waals surface area contributed by atoms with Crippen molar-refractivity contribution < 1.29 is 14.4 Å². The fourth-order valence-corrected chi connectivity index (χ4v) is 3.07. The van der Waals surface area contributed by atoms with E-state index in [4.69, 9.17) is 5.84 Å². The van der Waals surface area contributed by atoms with Crippen molar-refractivity contribution in [1.82, 2.24) is 9.80 Å². The van der Waals surface area contributed by atoms with Gasteiger partial charge in [-0.15, -0.1) is 0 Å². The number of nitrogens with two attached hydrogens (primary N) is 1. The third-order valence-corrected chi connectivity index (χ3v) is 5.35. The third kappa shape index (κ3) is 16.1. The van der Waals surface area contributed by atoms with Crippen molar-refractivity contribution in [2.75, 3.05) is 32.5 Å². The second-order valence-corrected chi connectivity index (χ2v) is 10.5. The van der Waals surface area contributed by atoms with Crippen LogP contribution in [0.1, 0.15) is 60.8 Å². The lowest BCUT2D eigenvalue weighted by atomic mass is 10.1. The number of nitrogens with zero attached hydrogens (tertiary/aromatic N) is 5. The Bertz CT molecular complexity index is 975. The topological polar surface area (TPSA) is 144 Å². The molecule has 10 nitrogen and oxygen atoms in total. The van der Waals surface area contributed by atoms with E-state index in [1.165, 1.54) is 24.0 Å². The molecule has 216 valence electrons. The van der Waals surface area contributed by atoms with E-state index in [0.29, 0.717) is 19.3 Å². The first-order chi connectivity index (χ1) is 18.4. The monoisotopic (exact) mass is 541 g/mol. The van der Waals surface area contributed by atoms with Gasteiger partial charge in [0.2, 0.25) is 11.8 Å². The standard InChI is InChI=1S/C16H20N4O2.C7H13N3O.C4H8.C2H6/c1-19(2)11-15(21)20-10-12(8-14(20)9-17)16(22)18-13-6-4-3-5-7-13;1-7(2,3)9-4-6(5-11)10-8;1-4-2-3-4;1-2/h3-7,12,14H,8,10-11H2,1-2H3,(H,18,22);4-5H,8H2,1-3H3;4H,2-3H2,1H3;1-2H3/b;9-4?,10-6+;;. The maximum absolute atomic E-state index is 12.3. The molecule has 1 aromatic carbocycles. The van der Waals surface area contributed by atoms with Crippen LogP contribution in [-0.2, 0) is 14.4 Å². The summed E-state index contributed by atoms with van der Waals surface area (Å²) in [5, 5.41) is 15.3. The lowest BCUT2D eigenvalue weighted by Gasteiger charge is -2.21. The number of aldehydes is 1. The van der Waals surface area contributed by atoms with E-state index < -0.39 is 6.04 Å². The number of likely N-dealkylation sites (tertiary alicyclic amines) is 1. The van der Waals surface area contributed by atoms with E-state index in [1.54, 1.807) is 19.0 Å². The van der Waals surface area contributed by atoms with Gasteiger partial charge in [-0.1, -0.05) is 51.8 Å². The second kappa shape index (κ2) is 18.6. The highest BCUT2D eigenvalue weighted by atomic mass is 16.2. The summed E-state index contributed by atoms with van der Waals surface area (Å²) in [7, 11) is 3.60. The Hall–Kier alpha value is -3.58. The van der Waals surface area contributed by atoms with Crippen LogP contribution in [-0.4, -0.2) is 78.6 Å². The van der Waals surface area contributed by atoms with Gasteiger partial charge in [0.1, 0.15) is 11.8 Å². The molecule has 1 aliphatic carbocycles. The van der Waals surface area contributed by atoms with Gasteiger partial charge in [-0.3, -0.25) is 19.4 Å². The number of carbonyl (C=O) groups is 3. The Balaban J connectivity index is 0.000000704. The number of nitriles is 1. The number of hydrogen-bond acceptors (Lipinski definition) is 8. The second-order valence-electron chi connectivity index (χ2n) is 10.5. The molecule has 2 atom stereocenters. The van der Waals surface area contributed by atoms with Gasteiger partial charge in [-0.25, -0.2) is 0 Å². The number of anilines is 1. The highest BCUT2D eigenvalue weighted by Gasteiger charge is 2.38. The number of rotatable bonds is 6. The molecule has 1 aliphatic heterocycles. The zero-order chi connectivity index (χ0) is 30.0. The highest BCUT2D eigenvalue weighted by Crippen LogP contribution is 2.26. The molecule has 1 saturated heterocycles. The van der Waals surface area contributed by atoms with Crippen LogP contribution < -0.4 is 11.2 Å². The Morgan fingerprint density at radius 1 is 1.21 bits per heavy atom. The van der Waals surface area contributed by atoms with E-state index in [2.05, 4.69) is 28.4 Å². The van der Waals surface area contributed by atoms with E-state index in [9.17, 15) is 19.6 Å². The Labute approximate surface area is 234 Å². The summed E-state index contributed by atoms with van der Waals surface area (Å²) >= 11 is 0. The molecular weight excluding hydrogens is 494 g/mol. The van der Waals surface area contributed by atoms with Crippen LogP contribution in [0.5, 0.6) is 0 Å². The zero-order valence-corrected chi connectivity index (χ0v) is 24.8. The van der Waals surface area contributed by atoms with Crippen LogP contribution >= 0.6 is 0 Å². The van der Waals surface area contributed by atoms with Crippen LogP contribution in [0.25, 0.3) is 0 Å². The lowest BCUT2D eigenvalue weighted by Crippen LogP contribution is -2.40. The summed E-state index contributed by atoms with van der Waals surface area (Å²) in [6.45, 7) is 12.6. The Kier molecular flexibility index (Phi) is 16.9. The first-order valence-corrected chi connectivity index (χ1v) is 13.4. The molecule has 1 heterocycles. The summed E-state index contributed by atoms with van der Waals surface area (Å²) in [6, 6.07) is 10.8. The molecule has 3 N–H and O–H groups in total. The molecule has 3 rings (SSSR count). The van der Waals surface area contributed by atoms with E-state index in [-0.39, 0.29) is 35.5 Å². The number of aliphatic imine (C=N–C) groups is 1. The smallest absolute Gasteiger partial charge is 0.237 e. The summed E-state index contributed by atoms with van der Waals surface area (Å²) in [6.07, 6.45) is 5.29. The van der Waals surface area contributed by atoms with Crippen LogP contribution in [0.2, 0.25) is 0 Å². The molecule has 1 saturated carbocycles. The van der Waals surface area contributed by atoms with Gasteiger partial charge in [-0.05, 0) is 59.3 Å². The van der Waals surface area contributed by atoms with Gasteiger partial charge < -0.3 is 21.0 Å². The van der Waals surface area contributed by atoms with Crippen molar-refractivity contribution in [1.29, 1.82) is 5.26 Å². The lowest BCUT2D eigenvalue weighted by molar-refractivity contribution is -0.132. The molecule has 2 amide bonds. The van der Waals surface area contributed by atoms with E-state index in [1.807, 2.05) is 65.0 Å². The third-order valence-electron chi connectivity index (χ3n) is 5.35. The maximum Gasteiger partial charge on any atom is 0.237 e. The molecule has 2 fully saturated rings. The normalized spacial score (nSPS) is 18.5. The number of para-hydroxylation sites is 1. The molecule has 0 spiro atoms. The molecule has 2 unspecified atom stereocenters. The van der Waals surface area contributed by atoms with Gasteiger partial charge in [0.05, 0.1) is 30.3 Å². The number of likely N-dealkylation sites (N-methyl/N-ethyl adjacent to an activating group) is 1. The molecule has 39 heavy (non-hydrogen) atoms. The SMILES string of the molecule is CC.CC(C)(C)N=C/C(C=O)=N\N.CC1CC1.CN(C)CC(=O)N1CC(C(=O)Nc2ccccc2)CC1C#N. The Morgan fingerprint density at radius 3 is 2.18 bits per heavy atom. The fourth-order valence-electron chi connectivity index (χ4n) is 3.07. The quantitative estimate of drug-likeness (QED) is 0.243. The van der Waals surface area contributed by atoms with Gasteiger partial charge in [0.25, 0.3) is 0 Å². The number of amides is 2. The first-order valence-electron chi connectivity index (χ1n) is 13.4. The molecule has 1 aromatic rings. The van der Waals surface area contributed by atoms with Crippen molar-refractivity contribution >= 4 is 35.7 Å². The van der Waals surface area contributed by atoms with Gasteiger partial charge in [0, 0.05) is 12.2 Å². The summed E-state index contributed by atoms with van der Waals surface area (Å²) in [5.41, 5.74) is 0.679. The summed E-state index contributed by atoms with van der Waals surface area (Å²) < 4.78 is 0. The summed E-state index contributed by atoms with van der Waals surface area (Å²) in [4.78, 5) is 41.9. The number of benzene rings is 1.